The van der Waals surface area contributed by atoms with Gasteiger partial charge in [0.1, 0.15) is 0 Å². The van der Waals surface area contributed by atoms with Crippen molar-refractivity contribution in [2.75, 3.05) is 48.5 Å². The van der Waals surface area contributed by atoms with E-state index in [1.165, 1.54) is 13.3 Å². The average molecular weight is 697 g/mol. The van der Waals surface area contributed by atoms with Crippen molar-refractivity contribution in [3.05, 3.63) is 64.6 Å². The number of nitrogens with zero attached hydrogens (tertiary/aromatic N) is 5. The van der Waals surface area contributed by atoms with Crippen LogP contribution in [0.5, 0.6) is 5.88 Å². The first kappa shape index (κ1) is 36.0. The molecule has 3 aromatic rings. The smallest absolute Gasteiger partial charge is 0.416 e. The number of pyridine rings is 1. The predicted molar refractivity (Wildman–Crippen MR) is 169 cm³/mol. The molecule has 1 unspecified atom stereocenters. The number of alkyl halides is 6. The lowest BCUT2D eigenvalue weighted by Gasteiger charge is -2.39. The number of halogens is 6. The molecule has 2 aromatic heterocycles. The van der Waals surface area contributed by atoms with Crippen LogP contribution in [0.25, 0.3) is 0 Å². The van der Waals surface area contributed by atoms with Crippen LogP contribution in [0.2, 0.25) is 0 Å². The number of anilines is 3. The van der Waals surface area contributed by atoms with E-state index in [9.17, 15) is 36.2 Å². The fraction of sp³-hybridized carbons (Fsp3) is 0.515. The van der Waals surface area contributed by atoms with Gasteiger partial charge in [-0.1, -0.05) is 6.92 Å². The van der Waals surface area contributed by atoms with Gasteiger partial charge in [-0.3, -0.25) is 4.90 Å². The number of amides is 1. The van der Waals surface area contributed by atoms with Crippen molar-refractivity contribution >= 4 is 23.4 Å². The van der Waals surface area contributed by atoms with E-state index in [0.29, 0.717) is 61.6 Å². The van der Waals surface area contributed by atoms with Crippen LogP contribution in [-0.2, 0) is 23.5 Å². The third kappa shape index (κ3) is 8.11. The van der Waals surface area contributed by atoms with Gasteiger partial charge in [0, 0.05) is 38.2 Å². The molecule has 4 heterocycles. The molecule has 0 radical (unpaired) electrons. The van der Waals surface area contributed by atoms with E-state index in [0.717, 1.165) is 6.42 Å². The number of hydrogen-bond acceptors (Lipinski definition) is 9. The monoisotopic (exact) mass is 696 g/mol. The van der Waals surface area contributed by atoms with Crippen LogP contribution < -0.4 is 19.9 Å². The number of carbonyl (C=O) groups is 1. The van der Waals surface area contributed by atoms with Crippen molar-refractivity contribution in [2.45, 2.75) is 70.4 Å². The van der Waals surface area contributed by atoms with Crippen LogP contribution in [0, 0.1) is 5.92 Å². The Hall–Kier alpha value is -4.34. The lowest BCUT2D eigenvalue weighted by molar-refractivity contribution is -0.143. The fourth-order valence-electron chi connectivity index (χ4n) is 6.40. The number of piperidine rings is 1. The van der Waals surface area contributed by atoms with E-state index in [1.807, 2.05) is 11.8 Å². The first-order valence-electron chi connectivity index (χ1n) is 16.0. The Morgan fingerprint density at radius 3 is 2.37 bits per heavy atom. The molecule has 3 atom stereocenters. The molecule has 2 aliphatic rings. The highest BCUT2D eigenvalue weighted by Gasteiger charge is 2.39. The van der Waals surface area contributed by atoms with Crippen molar-refractivity contribution in [3.63, 3.8) is 0 Å². The Kier molecular flexibility index (Phi) is 10.7. The van der Waals surface area contributed by atoms with Gasteiger partial charge in [0.15, 0.2) is 0 Å². The zero-order chi connectivity index (χ0) is 35.5. The maximum absolute atomic E-state index is 13.7. The summed E-state index contributed by atoms with van der Waals surface area (Å²) in [6, 6.07) is 3.94. The quantitative estimate of drug-likeness (QED) is 0.228. The number of carbonyl (C=O) groups excluding carboxylic acids is 1. The van der Waals surface area contributed by atoms with E-state index in [-0.39, 0.29) is 60.7 Å². The van der Waals surface area contributed by atoms with Crippen LogP contribution in [-0.4, -0.2) is 65.6 Å². The van der Waals surface area contributed by atoms with E-state index in [2.05, 4.69) is 20.3 Å². The highest BCUT2D eigenvalue weighted by atomic mass is 19.4. The zero-order valence-corrected chi connectivity index (χ0v) is 27.2. The van der Waals surface area contributed by atoms with Crippen molar-refractivity contribution in [1.29, 1.82) is 0 Å². The molecule has 1 saturated heterocycles. The van der Waals surface area contributed by atoms with E-state index >= 15 is 0 Å². The molecule has 266 valence electrons. The van der Waals surface area contributed by atoms with Gasteiger partial charge in [-0.15, -0.1) is 0 Å². The van der Waals surface area contributed by atoms with Crippen LogP contribution in [0.4, 0.5) is 48.5 Å². The maximum atomic E-state index is 13.7. The summed E-state index contributed by atoms with van der Waals surface area (Å²) in [4.78, 5) is 30.2. The summed E-state index contributed by atoms with van der Waals surface area (Å²) in [6.07, 6.45) is -7.01. The number of benzene rings is 1. The number of fused-ring (bicyclic) bond motifs is 1. The second-order valence-electron chi connectivity index (χ2n) is 12.1. The largest absolute Gasteiger partial charge is 0.481 e. The van der Waals surface area contributed by atoms with E-state index < -0.39 is 35.6 Å². The van der Waals surface area contributed by atoms with Gasteiger partial charge in [-0.2, -0.15) is 26.3 Å². The van der Waals surface area contributed by atoms with Gasteiger partial charge in [0.2, 0.25) is 11.8 Å². The minimum atomic E-state index is -5.01. The van der Waals surface area contributed by atoms with Gasteiger partial charge in [0.05, 0.1) is 59.8 Å². The third-order valence-corrected chi connectivity index (χ3v) is 8.77. The van der Waals surface area contributed by atoms with E-state index in [1.54, 1.807) is 24.0 Å². The van der Waals surface area contributed by atoms with Gasteiger partial charge >= 0.3 is 18.4 Å². The third-order valence-electron chi connectivity index (χ3n) is 8.77. The number of aliphatic hydroxyl groups excluding tert-OH is 1. The SMILES string of the molecule is CCOC(=O)N1c2ccc(OC)nc2[C@@H](Nc2ncc(N3CCCC(CO)C3)c(Cc3cc(C(F)(F)F)cc(C(F)(F)F)c3)n2)C[C@H]1CC. The molecule has 0 aliphatic carbocycles. The second-order valence-corrected chi connectivity index (χ2v) is 12.1. The number of aliphatic hydroxyl groups is 1. The topological polar surface area (TPSA) is 113 Å². The lowest BCUT2D eigenvalue weighted by atomic mass is 9.93. The molecule has 0 bridgehead atoms. The summed E-state index contributed by atoms with van der Waals surface area (Å²) in [5.74, 6) is 0.283. The van der Waals surface area contributed by atoms with Gasteiger partial charge in [-0.25, -0.2) is 19.7 Å². The normalized spacial score (nSPS) is 19.8. The van der Waals surface area contributed by atoms with Gasteiger partial charge < -0.3 is 24.8 Å². The number of methoxy groups -OCH3 is 1. The van der Waals surface area contributed by atoms with Gasteiger partial charge in [0.25, 0.3) is 0 Å². The van der Waals surface area contributed by atoms with Crippen molar-refractivity contribution in [2.24, 2.45) is 5.92 Å². The molecule has 16 heteroatoms. The number of hydrogen-bond donors (Lipinski definition) is 2. The Balaban J connectivity index is 1.57. The predicted octanol–water partition coefficient (Wildman–Crippen LogP) is 7.02. The Morgan fingerprint density at radius 1 is 1.04 bits per heavy atom. The molecule has 1 aromatic carbocycles. The molecular weight excluding hydrogens is 658 g/mol. The number of nitrogens with one attached hydrogen (secondary N) is 1. The fourth-order valence-corrected chi connectivity index (χ4v) is 6.40. The second kappa shape index (κ2) is 14.6. The molecule has 1 amide bonds. The standard InChI is InChI=1S/C33H38F6N6O4/c1-4-23-15-25(29-26(8-9-28(43-29)48-3)45(23)31(47)49-5-2)42-30-40-16-27(44-10-6-7-19(17-44)18-46)24(41-30)13-20-11-21(32(34,35)36)14-22(12-20)33(37,38)39/h8-9,11-12,14,16,19,23,25,46H,4-7,10,13,15,17-18H2,1-3H3,(H,40,41,42)/t19?,23-,25+/m1/s1. The molecular formula is C33H38F6N6O4. The van der Waals surface area contributed by atoms with Crippen LogP contribution in [0.15, 0.2) is 36.5 Å². The molecule has 10 nitrogen and oxygen atoms in total. The molecule has 49 heavy (non-hydrogen) atoms. The molecule has 2 aliphatic heterocycles. The summed E-state index contributed by atoms with van der Waals surface area (Å²) in [5, 5.41) is 13.1. The highest BCUT2D eigenvalue weighted by molar-refractivity contribution is 5.90. The molecule has 2 N–H and O–H groups in total. The van der Waals surface area contributed by atoms with Crippen molar-refractivity contribution < 1.29 is 45.7 Å². The summed E-state index contributed by atoms with van der Waals surface area (Å²) in [7, 11) is 1.45. The van der Waals surface area contributed by atoms with Crippen molar-refractivity contribution in [1.82, 2.24) is 15.0 Å². The molecule has 1 fully saturated rings. The number of rotatable bonds is 9. The first-order chi connectivity index (χ1) is 23.2. The summed E-state index contributed by atoms with van der Waals surface area (Å²) < 4.78 is 93.0. The minimum Gasteiger partial charge on any atom is -0.481 e. The Bertz CT molecular complexity index is 1610. The summed E-state index contributed by atoms with van der Waals surface area (Å²) in [5.41, 5.74) is -1.48. The average Bonchev–Trinajstić information content (AvgIpc) is 3.07. The number of ether oxygens (including phenoxy) is 2. The summed E-state index contributed by atoms with van der Waals surface area (Å²) >= 11 is 0. The maximum Gasteiger partial charge on any atom is 0.416 e. The Morgan fingerprint density at radius 2 is 1.76 bits per heavy atom. The van der Waals surface area contributed by atoms with Crippen LogP contribution >= 0.6 is 0 Å². The summed E-state index contributed by atoms with van der Waals surface area (Å²) in [6.45, 7) is 4.67. The molecule has 0 spiro atoms. The van der Waals surface area contributed by atoms with E-state index in [4.69, 9.17) is 9.47 Å². The first-order valence-corrected chi connectivity index (χ1v) is 16.0. The lowest BCUT2D eigenvalue weighted by Crippen LogP contribution is -2.46. The van der Waals surface area contributed by atoms with Crippen LogP contribution in [0.1, 0.15) is 73.7 Å². The zero-order valence-electron chi connectivity index (χ0n) is 27.2. The highest BCUT2D eigenvalue weighted by Crippen LogP contribution is 2.41. The van der Waals surface area contributed by atoms with Crippen LogP contribution in [0.3, 0.4) is 0 Å². The van der Waals surface area contributed by atoms with Crippen molar-refractivity contribution in [3.8, 4) is 5.88 Å². The Labute approximate surface area is 279 Å². The molecule has 0 saturated carbocycles. The minimum absolute atomic E-state index is 0.0671. The molecule has 5 rings (SSSR count). The number of aromatic nitrogens is 3. The van der Waals surface area contributed by atoms with Gasteiger partial charge in [-0.05, 0) is 68.4 Å².